The Hall–Kier alpha value is -2.17. The number of benzene rings is 1. The average molecular weight is 259 g/mol. The fraction of sp³-hybridized carbons (Fsp3) is 0.357. The number of fused-ring (bicyclic) bond motifs is 1. The molecular weight excluding hydrogens is 242 g/mol. The Bertz CT molecular complexity index is 634. The van der Waals surface area contributed by atoms with E-state index in [1.807, 2.05) is 12.1 Å². The van der Waals surface area contributed by atoms with Crippen LogP contribution in [0.3, 0.4) is 0 Å². The van der Waals surface area contributed by atoms with Gasteiger partial charge >= 0.3 is 0 Å². The lowest BCUT2D eigenvalue weighted by atomic mass is 10.2. The third-order valence-electron chi connectivity index (χ3n) is 2.91. The lowest BCUT2D eigenvalue weighted by Gasteiger charge is -2.06. The van der Waals surface area contributed by atoms with E-state index in [0.29, 0.717) is 11.9 Å². The van der Waals surface area contributed by atoms with E-state index in [9.17, 15) is 9.59 Å². The molecule has 1 amide bonds. The summed E-state index contributed by atoms with van der Waals surface area (Å²) in [7, 11) is 0. The number of unbranched alkanes of at least 4 members (excludes halogenated alkanes) is 1. The molecular formula is C14H17N3O2. The summed E-state index contributed by atoms with van der Waals surface area (Å²) in [6.07, 6.45) is 3.57. The molecule has 0 saturated heterocycles. The maximum atomic E-state index is 12.1. The highest BCUT2D eigenvalue weighted by Gasteiger charge is 2.07. The van der Waals surface area contributed by atoms with Crippen LogP contribution in [-0.2, 0) is 11.3 Å². The van der Waals surface area contributed by atoms with Crippen molar-refractivity contribution in [3.8, 4) is 0 Å². The van der Waals surface area contributed by atoms with E-state index in [1.165, 1.54) is 4.68 Å². The molecule has 0 atom stereocenters. The number of carbonyl (C=O) groups excluding carboxylic acids is 1. The van der Waals surface area contributed by atoms with Crippen molar-refractivity contribution in [2.24, 2.45) is 0 Å². The summed E-state index contributed by atoms with van der Waals surface area (Å²) >= 11 is 0. The van der Waals surface area contributed by atoms with Crippen LogP contribution >= 0.6 is 0 Å². The first kappa shape index (κ1) is 13.3. The maximum Gasteiger partial charge on any atom is 0.275 e. The van der Waals surface area contributed by atoms with Crippen LogP contribution in [0.4, 0.5) is 0 Å². The molecule has 1 aromatic carbocycles. The molecule has 0 aliphatic rings. The van der Waals surface area contributed by atoms with Crippen molar-refractivity contribution in [1.29, 1.82) is 0 Å². The highest BCUT2D eigenvalue weighted by molar-refractivity contribution is 5.81. The highest BCUT2D eigenvalue weighted by atomic mass is 16.2. The first-order valence-corrected chi connectivity index (χ1v) is 6.44. The first-order chi connectivity index (χ1) is 9.22. The van der Waals surface area contributed by atoms with Gasteiger partial charge in [-0.1, -0.05) is 31.5 Å². The van der Waals surface area contributed by atoms with Crippen LogP contribution in [0.1, 0.15) is 19.8 Å². The van der Waals surface area contributed by atoms with E-state index < -0.39 is 0 Å². The zero-order valence-corrected chi connectivity index (χ0v) is 10.9. The quantitative estimate of drug-likeness (QED) is 0.823. The Morgan fingerprint density at radius 1 is 1.37 bits per heavy atom. The summed E-state index contributed by atoms with van der Waals surface area (Å²) in [5.41, 5.74) is -0.233. The third kappa shape index (κ3) is 3.19. The highest BCUT2D eigenvalue weighted by Crippen LogP contribution is 2.06. The van der Waals surface area contributed by atoms with Gasteiger partial charge in [-0.15, -0.1) is 0 Å². The molecule has 5 nitrogen and oxygen atoms in total. The second-order valence-corrected chi connectivity index (χ2v) is 4.40. The maximum absolute atomic E-state index is 12.1. The van der Waals surface area contributed by atoms with Crippen LogP contribution in [0, 0.1) is 0 Å². The number of nitrogens with one attached hydrogen (secondary N) is 1. The minimum Gasteiger partial charge on any atom is -0.354 e. The summed E-state index contributed by atoms with van der Waals surface area (Å²) in [4.78, 5) is 23.8. The molecule has 1 heterocycles. The zero-order valence-electron chi connectivity index (χ0n) is 10.9. The van der Waals surface area contributed by atoms with Gasteiger partial charge in [0.2, 0.25) is 5.91 Å². The number of hydrogen-bond acceptors (Lipinski definition) is 3. The smallest absolute Gasteiger partial charge is 0.275 e. The van der Waals surface area contributed by atoms with Gasteiger partial charge in [-0.05, 0) is 12.5 Å². The molecule has 100 valence electrons. The minimum absolute atomic E-state index is 0.0343. The van der Waals surface area contributed by atoms with Crippen LogP contribution in [0.2, 0.25) is 0 Å². The summed E-state index contributed by atoms with van der Waals surface area (Å²) < 4.78 is 1.20. The summed E-state index contributed by atoms with van der Waals surface area (Å²) in [5, 5.41) is 8.16. The Morgan fingerprint density at radius 2 is 2.16 bits per heavy atom. The molecule has 0 fully saturated rings. The predicted octanol–water partition coefficient (Wildman–Crippen LogP) is 1.31. The van der Waals surface area contributed by atoms with Gasteiger partial charge in [-0.3, -0.25) is 9.59 Å². The number of hydrogen-bond donors (Lipinski definition) is 1. The van der Waals surface area contributed by atoms with Crippen LogP contribution in [0.5, 0.6) is 0 Å². The van der Waals surface area contributed by atoms with Crippen molar-refractivity contribution < 1.29 is 4.79 Å². The van der Waals surface area contributed by atoms with Gasteiger partial charge in [0.15, 0.2) is 0 Å². The van der Waals surface area contributed by atoms with Gasteiger partial charge in [0.05, 0.1) is 11.6 Å². The first-order valence-electron chi connectivity index (χ1n) is 6.44. The lowest BCUT2D eigenvalue weighted by molar-refractivity contribution is -0.121. The topological polar surface area (TPSA) is 64.0 Å². The lowest BCUT2D eigenvalue weighted by Crippen LogP contribution is -2.34. The Morgan fingerprint density at radius 3 is 2.95 bits per heavy atom. The predicted molar refractivity (Wildman–Crippen MR) is 73.9 cm³/mol. The number of aromatic nitrogens is 2. The summed E-state index contributed by atoms with van der Waals surface area (Å²) in [6.45, 7) is 2.66. The molecule has 2 aromatic rings. The van der Waals surface area contributed by atoms with Gasteiger partial charge in [-0.25, -0.2) is 4.68 Å². The molecule has 19 heavy (non-hydrogen) atoms. The van der Waals surface area contributed by atoms with E-state index in [0.717, 1.165) is 18.2 Å². The molecule has 0 spiro atoms. The van der Waals surface area contributed by atoms with E-state index >= 15 is 0 Å². The largest absolute Gasteiger partial charge is 0.354 e. The van der Waals surface area contributed by atoms with Gasteiger partial charge in [-0.2, -0.15) is 5.10 Å². The van der Waals surface area contributed by atoms with E-state index in [4.69, 9.17) is 0 Å². The Labute approximate surface area is 111 Å². The van der Waals surface area contributed by atoms with Crippen LogP contribution in [-0.4, -0.2) is 22.2 Å². The van der Waals surface area contributed by atoms with Crippen LogP contribution in [0.15, 0.2) is 35.3 Å². The zero-order chi connectivity index (χ0) is 13.7. The van der Waals surface area contributed by atoms with Crippen molar-refractivity contribution in [2.75, 3.05) is 6.54 Å². The number of nitrogens with zero attached hydrogens (tertiary/aromatic N) is 2. The van der Waals surface area contributed by atoms with E-state index in [2.05, 4.69) is 17.3 Å². The molecule has 0 aliphatic heterocycles. The Balaban J connectivity index is 2.15. The summed E-state index contributed by atoms with van der Waals surface area (Å²) in [5.74, 6) is -0.182. The van der Waals surface area contributed by atoms with Crippen molar-refractivity contribution in [1.82, 2.24) is 15.1 Å². The third-order valence-corrected chi connectivity index (χ3v) is 2.91. The normalized spacial score (nSPS) is 10.6. The van der Waals surface area contributed by atoms with Gasteiger partial charge < -0.3 is 5.32 Å². The monoisotopic (exact) mass is 259 g/mol. The van der Waals surface area contributed by atoms with E-state index in [-0.39, 0.29) is 18.0 Å². The van der Waals surface area contributed by atoms with Gasteiger partial charge in [0, 0.05) is 11.9 Å². The summed E-state index contributed by atoms with van der Waals surface area (Å²) in [6, 6.07) is 7.22. The standard InChI is InChI=1S/C14H17N3O2/c1-2-3-8-15-13(18)10-17-14(19)12-7-5-4-6-11(12)9-16-17/h4-7,9H,2-3,8,10H2,1H3,(H,15,18). The SMILES string of the molecule is CCCCNC(=O)Cn1ncc2ccccc2c1=O. The Kier molecular flexibility index (Phi) is 4.28. The van der Waals surface area contributed by atoms with Crippen LogP contribution in [0.25, 0.3) is 10.8 Å². The molecule has 0 bridgehead atoms. The second kappa shape index (κ2) is 6.13. The van der Waals surface area contributed by atoms with Crippen molar-refractivity contribution in [3.05, 3.63) is 40.8 Å². The molecule has 0 saturated carbocycles. The number of rotatable bonds is 5. The molecule has 0 aliphatic carbocycles. The van der Waals surface area contributed by atoms with Gasteiger partial charge in [0.25, 0.3) is 5.56 Å². The molecule has 1 aromatic heterocycles. The fourth-order valence-electron chi connectivity index (χ4n) is 1.84. The minimum atomic E-state index is -0.233. The second-order valence-electron chi connectivity index (χ2n) is 4.40. The molecule has 5 heteroatoms. The van der Waals surface area contributed by atoms with Crippen molar-refractivity contribution >= 4 is 16.7 Å². The molecule has 1 N–H and O–H groups in total. The molecule has 0 unspecified atom stereocenters. The van der Waals surface area contributed by atoms with E-state index in [1.54, 1.807) is 18.3 Å². The fourth-order valence-corrected chi connectivity index (χ4v) is 1.84. The number of carbonyl (C=O) groups is 1. The van der Waals surface area contributed by atoms with Gasteiger partial charge in [0.1, 0.15) is 6.54 Å². The van der Waals surface area contributed by atoms with Crippen LogP contribution < -0.4 is 10.9 Å². The van der Waals surface area contributed by atoms with Crippen molar-refractivity contribution in [2.45, 2.75) is 26.3 Å². The molecule has 0 radical (unpaired) electrons. The average Bonchev–Trinajstić information content (AvgIpc) is 2.43. The molecule has 2 rings (SSSR count). The van der Waals surface area contributed by atoms with Crippen molar-refractivity contribution in [3.63, 3.8) is 0 Å². The number of amides is 1.